The Kier molecular flexibility index (Phi) is 4.80. The number of hydrogen-bond acceptors (Lipinski definition) is 6. The summed E-state index contributed by atoms with van der Waals surface area (Å²) in [6.45, 7) is 2.87. The first-order valence-electron chi connectivity index (χ1n) is 7.35. The van der Waals surface area contributed by atoms with E-state index in [2.05, 4.69) is 19.6 Å². The number of rotatable bonds is 5. The highest BCUT2D eigenvalue weighted by atomic mass is 32.1. The summed E-state index contributed by atoms with van der Waals surface area (Å²) in [6, 6.07) is 10.6. The van der Waals surface area contributed by atoms with Crippen molar-refractivity contribution in [3.8, 4) is 11.4 Å². The van der Waals surface area contributed by atoms with Gasteiger partial charge in [-0.15, -0.1) is 0 Å². The standard InChI is InChI=1S/C15H20N4OS/c20-11-8-16-13-6-9-19(10-7-13)15-17-14(18-21-15)12-4-2-1-3-5-12/h1-5,13,16,20H,6-11H2. The fourth-order valence-electron chi connectivity index (χ4n) is 2.59. The van der Waals surface area contributed by atoms with Crippen LogP contribution in [-0.2, 0) is 0 Å². The van der Waals surface area contributed by atoms with Gasteiger partial charge in [0.1, 0.15) is 0 Å². The lowest BCUT2D eigenvalue weighted by molar-refractivity contribution is 0.277. The van der Waals surface area contributed by atoms with E-state index in [1.165, 1.54) is 11.5 Å². The van der Waals surface area contributed by atoms with E-state index < -0.39 is 0 Å². The molecule has 112 valence electrons. The Labute approximate surface area is 128 Å². The molecular formula is C15H20N4OS. The molecule has 1 saturated heterocycles. The zero-order chi connectivity index (χ0) is 14.5. The van der Waals surface area contributed by atoms with Crippen LogP contribution >= 0.6 is 11.5 Å². The van der Waals surface area contributed by atoms with Crippen LogP contribution in [0.4, 0.5) is 5.13 Å². The maximum atomic E-state index is 8.85. The number of anilines is 1. The molecule has 3 rings (SSSR count). The van der Waals surface area contributed by atoms with Crippen molar-refractivity contribution >= 4 is 16.7 Å². The van der Waals surface area contributed by atoms with Gasteiger partial charge in [0.25, 0.3) is 0 Å². The van der Waals surface area contributed by atoms with Crippen LogP contribution in [0.3, 0.4) is 0 Å². The van der Waals surface area contributed by atoms with Gasteiger partial charge in [0.15, 0.2) is 5.82 Å². The first-order chi connectivity index (χ1) is 10.4. The summed E-state index contributed by atoms with van der Waals surface area (Å²) in [5.74, 6) is 0.816. The highest BCUT2D eigenvalue weighted by Gasteiger charge is 2.21. The molecule has 0 radical (unpaired) electrons. The second-order valence-electron chi connectivity index (χ2n) is 5.21. The SMILES string of the molecule is OCCNC1CCN(c2nc(-c3ccccc3)ns2)CC1. The van der Waals surface area contributed by atoms with E-state index in [1.807, 2.05) is 30.3 Å². The van der Waals surface area contributed by atoms with Crippen molar-refractivity contribution in [3.05, 3.63) is 30.3 Å². The summed E-state index contributed by atoms with van der Waals surface area (Å²) in [5, 5.41) is 13.2. The molecule has 0 spiro atoms. The van der Waals surface area contributed by atoms with E-state index in [9.17, 15) is 0 Å². The lowest BCUT2D eigenvalue weighted by atomic mass is 10.1. The average molecular weight is 304 g/mol. The smallest absolute Gasteiger partial charge is 0.205 e. The van der Waals surface area contributed by atoms with Crippen molar-refractivity contribution < 1.29 is 5.11 Å². The molecule has 1 aliphatic rings. The molecule has 1 aliphatic heterocycles. The van der Waals surface area contributed by atoms with Crippen molar-refractivity contribution in [2.45, 2.75) is 18.9 Å². The van der Waals surface area contributed by atoms with Crippen molar-refractivity contribution in [2.24, 2.45) is 0 Å². The molecule has 6 heteroatoms. The number of aromatic nitrogens is 2. The Morgan fingerprint density at radius 2 is 2.00 bits per heavy atom. The van der Waals surface area contributed by atoms with Gasteiger partial charge in [0.05, 0.1) is 6.61 Å². The van der Waals surface area contributed by atoms with Crippen LogP contribution < -0.4 is 10.2 Å². The van der Waals surface area contributed by atoms with Gasteiger partial charge in [0, 0.05) is 42.8 Å². The largest absolute Gasteiger partial charge is 0.395 e. The predicted molar refractivity (Wildman–Crippen MR) is 85.7 cm³/mol. The number of aliphatic hydroxyl groups is 1. The van der Waals surface area contributed by atoms with E-state index >= 15 is 0 Å². The summed E-state index contributed by atoms with van der Waals surface area (Å²) < 4.78 is 4.47. The van der Waals surface area contributed by atoms with E-state index in [0.29, 0.717) is 12.6 Å². The van der Waals surface area contributed by atoms with Crippen LogP contribution in [0.2, 0.25) is 0 Å². The topological polar surface area (TPSA) is 61.3 Å². The van der Waals surface area contributed by atoms with Gasteiger partial charge in [-0.2, -0.15) is 9.36 Å². The molecule has 2 aromatic rings. The van der Waals surface area contributed by atoms with Crippen molar-refractivity contribution in [1.82, 2.24) is 14.7 Å². The Balaban J connectivity index is 1.60. The monoisotopic (exact) mass is 304 g/mol. The lowest BCUT2D eigenvalue weighted by Crippen LogP contribution is -2.43. The number of nitrogens with one attached hydrogen (secondary N) is 1. The fourth-order valence-corrected chi connectivity index (χ4v) is 3.33. The lowest BCUT2D eigenvalue weighted by Gasteiger charge is -2.31. The first-order valence-corrected chi connectivity index (χ1v) is 8.12. The number of nitrogens with zero attached hydrogens (tertiary/aromatic N) is 3. The minimum absolute atomic E-state index is 0.205. The fraction of sp³-hybridized carbons (Fsp3) is 0.467. The van der Waals surface area contributed by atoms with Crippen LogP contribution in [0.5, 0.6) is 0 Å². The highest BCUT2D eigenvalue weighted by molar-refractivity contribution is 7.09. The molecule has 1 aromatic carbocycles. The Hall–Kier alpha value is -1.50. The molecule has 5 nitrogen and oxygen atoms in total. The van der Waals surface area contributed by atoms with Crippen LogP contribution in [0.15, 0.2) is 30.3 Å². The number of aliphatic hydroxyl groups excluding tert-OH is 1. The van der Waals surface area contributed by atoms with Crippen LogP contribution in [0, 0.1) is 0 Å². The molecule has 0 atom stereocenters. The quantitative estimate of drug-likeness (QED) is 0.881. The number of hydrogen-bond donors (Lipinski definition) is 2. The molecular weight excluding hydrogens is 284 g/mol. The molecule has 1 fully saturated rings. The average Bonchev–Trinajstić information content (AvgIpc) is 3.04. The summed E-state index contributed by atoms with van der Waals surface area (Å²) >= 11 is 1.47. The van der Waals surface area contributed by atoms with Crippen molar-refractivity contribution in [2.75, 3.05) is 31.1 Å². The Bertz CT molecular complexity index is 552. The van der Waals surface area contributed by atoms with Gasteiger partial charge in [-0.05, 0) is 12.8 Å². The zero-order valence-corrected chi connectivity index (χ0v) is 12.7. The molecule has 2 heterocycles. The third-order valence-electron chi connectivity index (χ3n) is 3.76. The zero-order valence-electron chi connectivity index (χ0n) is 11.9. The van der Waals surface area contributed by atoms with Crippen molar-refractivity contribution in [3.63, 3.8) is 0 Å². The van der Waals surface area contributed by atoms with Gasteiger partial charge in [-0.25, -0.2) is 0 Å². The van der Waals surface area contributed by atoms with E-state index in [0.717, 1.165) is 42.5 Å². The molecule has 0 amide bonds. The first kappa shape index (κ1) is 14.4. The van der Waals surface area contributed by atoms with E-state index in [1.54, 1.807) is 0 Å². The second-order valence-corrected chi connectivity index (χ2v) is 5.94. The third kappa shape index (κ3) is 3.58. The predicted octanol–water partition coefficient (Wildman–Crippen LogP) is 1.76. The van der Waals surface area contributed by atoms with Crippen LogP contribution in [-0.4, -0.2) is 46.7 Å². The Morgan fingerprint density at radius 3 is 2.71 bits per heavy atom. The van der Waals surface area contributed by atoms with Crippen LogP contribution in [0.25, 0.3) is 11.4 Å². The third-order valence-corrected chi connectivity index (χ3v) is 4.53. The van der Waals surface area contributed by atoms with E-state index in [-0.39, 0.29) is 6.61 Å². The molecule has 0 aliphatic carbocycles. The summed E-state index contributed by atoms with van der Waals surface area (Å²) in [4.78, 5) is 6.97. The van der Waals surface area contributed by atoms with Gasteiger partial charge in [0.2, 0.25) is 5.13 Å². The molecule has 21 heavy (non-hydrogen) atoms. The Morgan fingerprint density at radius 1 is 1.24 bits per heavy atom. The molecule has 0 bridgehead atoms. The molecule has 0 saturated carbocycles. The maximum Gasteiger partial charge on any atom is 0.205 e. The highest BCUT2D eigenvalue weighted by Crippen LogP contribution is 2.26. The van der Waals surface area contributed by atoms with E-state index in [4.69, 9.17) is 5.11 Å². The van der Waals surface area contributed by atoms with Gasteiger partial charge >= 0.3 is 0 Å². The van der Waals surface area contributed by atoms with Gasteiger partial charge < -0.3 is 15.3 Å². The second kappa shape index (κ2) is 6.98. The number of benzene rings is 1. The summed E-state index contributed by atoms with van der Waals surface area (Å²) in [6.07, 6.45) is 2.17. The van der Waals surface area contributed by atoms with Gasteiger partial charge in [-0.1, -0.05) is 30.3 Å². The van der Waals surface area contributed by atoms with Gasteiger partial charge in [-0.3, -0.25) is 0 Å². The van der Waals surface area contributed by atoms with Crippen molar-refractivity contribution in [1.29, 1.82) is 0 Å². The normalized spacial score (nSPS) is 16.3. The number of piperidine rings is 1. The van der Waals surface area contributed by atoms with Crippen LogP contribution in [0.1, 0.15) is 12.8 Å². The molecule has 1 aromatic heterocycles. The summed E-state index contributed by atoms with van der Waals surface area (Å²) in [5.41, 5.74) is 1.07. The minimum atomic E-state index is 0.205. The maximum absolute atomic E-state index is 8.85. The minimum Gasteiger partial charge on any atom is -0.395 e. The molecule has 0 unspecified atom stereocenters. The summed E-state index contributed by atoms with van der Waals surface area (Å²) in [7, 11) is 0. The molecule has 2 N–H and O–H groups in total.